The molecule has 0 unspecified atom stereocenters. The highest BCUT2D eigenvalue weighted by molar-refractivity contribution is 7.91. The molecule has 0 atom stereocenters. The number of aromatic nitrogens is 1. The predicted octanol–water partition coefficient (Wildman–Crippen LogP) is 2.91. The highest BCUT2D eigenvalue weighted by Gasteiger charge is 2.30. The zero-order valence-corrected chi connectivity index (χ0v) is 17.6. The van der Waals surface area contributed by atoms with Crippen molar-refractivity contribution in [1.82, 2.24) is 14.2 Å². The summed E-state index contributed by atoms with van der Waals surface area (Å²) in [5.41, 5.74) is 0.958. The molecule has 1 aromatic carbocycles. The molecule has 0 saturated carbocycles. The summed E-state index contributed by atoms with van der Waals surface area (Å²) in [6, 6.07) is 5.38. The minimum Gasteiger partial charge on any atom is -0.302 e. The molecule has 1 saturated heterocycles. The quantitative estimate of drug-likeness (QED) is 0.759. The third kappa shape index (κ3) is 4.98. The Hall–Kier alpha value is -1.23. The maximum atomic E-state index is 12.8. The molecule has 1 aromatic heterocycles. The Morgan fingerprint density at radius 3 is 2.59 bits per heavy atom. The van der Waals surface area contributed by atoms with Crippen molar-refractivity contribution in [1.29, 1.82) is 0 Å². The first kappa shape index (κ1) is 20.5. The number of amides is 1. The summed E-state index contributed by atoms with van der Waals surface area (Å²) < 4.78 is 27.1. The van der Waals surface area contributed by atoms with Gasteiger partial charge in [0.1, 0.15) is 0 Å². The lowest BCUT2D eigenvalue weighted by Gasteiger charge is -2.33. The van der Waals surface area contributed by atoms with Gasteiger partial charge in [0.2, 0.25) is 5.91 Å². The van der Waals surface area contributed by atoms with Crippen LogP contribution in [0.4, 0.5) is 5.13 Å². The number of sulfonamides is 1. The van der Waals surface area contributed by atoms with E-state index in [9.17, 15) is 13.2 Å². The molecule has 1 N–H and O–H groups in total. The number of benzene rings is 1. The largest absolute Gasteiger partial charge is 0.302 e. The van der Waals surface area contributed by atoms with Crippen molar-refractivity contribution < 1.29 is 13.2 Å². The van der Waals surface area contributed by atoms with Gasteiger partial charge in [-0.15, -0.1) is 0 Å². The molecule has 27 heavy (non-hydrogen) atoms. The van der Waals surface area contributed by atoms with E-state index >= 15 is 0 Å². The summed E-state index contributed by atoms with van der Waals surface area (Å²) in [6.45, 7) is 3.92. The highest BCUT2D eigenvalue weighted by Crippen LogP contribution is 2.27. The van der Waals surface area contributed by atoms with Crippen molar-refractivity contribution in [3.63, 3.8) is 0 Å². The van der Waals surface area contributed by atoms with Crippen LogP contribution in [0.1, 0.15) is 12.5 Å². The fraction of sp³-hybridized carbons (Fsp3) is 0.375. The molecule has 0 spiro atoms. The van der Waals surface area contributed by atoms with E-state index < -0.39 is 10.0 Å². The number of thiazole rings is 1. The Labute approximate surface area is 171 Å². The zero-order chi connectivity index (χ0) is 19.6. The van der Waals surface area contributed by atoms with Gasteiger partial charge in [-0.1, -0.05) is 40.6 Å². The van der Waals surface area contributed by atoms with Crippen LogP contribution < -0.4 is 5.32 Å². The molecule has 2 heterocycles. The normalized spacial score (nSPS) is 16.4. The summed E-state index contributed by atoms with van der Waals surface area (Å²) in [5, 5.41) is 3.96. The number of hydrogen-bond donors (Lipinski definition) is 1. The molecule has 0 bridgehead atoms. The summed E-state index contributed by atoms with van der Waals surface area (Å²) in [6.07, 6.45) is 1.28. The van der Waals surface area contributed by atoms with E-state index in [1.807, 2.05) is 6.07 Å². The topological polar surface area (TPSA) is 82.6 Å². The summed E-state index contributed by atoms with van der Waals surface area (Å²) >= 11 is 13.1. The van der Waals surface area contributed by atoms with Crippen molar-refractivity contribution in [2.24, 2.45) is 0 Å². The van der Waals surface area contributed by atoms with Crippen LogP contribution in [0.2, 0.25) is 10.0 Å². The molecular weight excluding hydrogens is 431 g/mol. The molecule has 1 amide bonds. The Kier molecular flexibility index (Phi) is 6.39. The smallest absolute Gasteiger partial charge is 0.254 e. The van der Waals surface area contributed by atoms with Gasteiger partial charge in [0.25, 0.3) is 10.0 Å². The van der Waals surface area contributed by atoms with Crippen molar-refractivity contribution in [3.05, 3.63) is 40.0 Å². The van der Waals surface area contributed by atoms with E-state index in [2.05, 4.69) is 15.2 Å². The van der Waals surface area contributed by atoms with Crippen molar-refractivity contribution in [2.45, 2.75) is 17.7 Å². The maximum absolute atomic E-state index is 12.8. The number of halogens is 2. The first-order valence-electron chi connectivity index (χ1n) is 8.15. The monoisotopic (exact) mass is 448 g/mol. The van der Waals surface area contributed by atoms with Crippen molar-refractivity contribution in [3.8, 4) is 0 Å². The number of anilines is 1. The van der Waals surface area contributed by atoms with Gasteiger partial charge in [-0.3, -0.25) is 9.69 Å². The van der Waals surface area contributed by atoms with Crippen LogP contribution in [0, 0.1) is 0 Å². The Balaban J connectivity index is 1.62. The molecule has 11 heteroatoms. The number of piperazine rings is 1. The number of nitrogens with one attached hydrogen (secondary N) is 1. The van der Waals surface area contributed by atoms with Crippen LogP contribution in [0.25, 0.3) is 0 Å². The number of rotatable bonds is 5. The number of carbonyl (C=O) groups is 1. The van der Waals surface area contributed by atoms with Gasteiger partial charge in [-0.05, 0) is 17.7 Å². The van der Waals surface area contributed by atoms with Gasteiger partial charge in [-0.25, -0.2) is 13.4 Å². The fourth-order valence-electron chi connectivity index (χ4n) is 2.73. The minimum atomic E-state index is -3.62. The van der Waals surface area contributed by atoms with Crippen molar-refractivity contribution >= 4 is 55.6 Å². The van der Waals surface area contributed by atoms with Crippen LogP contribution in [0.5, 0.6) is 0 Å². The first-order chi connectivity index (χ1) is 12.8. The van der Waals surface area contributed by atoms with E-state index in [4.69, 9.17) is 23.2 Å². The van der Waals surface area contributed by atoms with Gasteiger partial charge < -0.3 is 5.32 Å². The van der Waals surface area contributed by atoms with Crippen LogP contribution in [0.3, 0.4) is 0 Å². The minimum absolute atomic E-state index is 0.125. The van der Waals surface area contributed by atoms with Crippen LogP contribution in [0.15, 0.2) is 28.6 Å². The molecule has 1 fully saturated rings. The van der Waals surface area contributed by atoms with E-state index in [1.54, 1.807) is 12.1 Å². The molecular formula is C16H18Cl2N4O3S2. The average molecular weight is 449 g/mol. The Morgan fingerprint density at radius 2 is 1.96 bits per heavy atom. The molecule has 1 aliphatic rings. The Morgan fingerprint density at radius 1 is 1.26 bits per heavy atom. The lowest BCUT2D eigenvalue weighted by molar-refractivity contribution is -0.114. The average Bonchev–Trinajstić information content (AvgIpc) is 3.06. The van der Waals surface area contributed by atoms with Crippen LogP contribution in [-0.4, -0.2) is 54.7 Å². The molecule has 7 nitrogen and oxygen atoms in total. The van der Waals surface area contributed by atoms with Gasteiger partial charge in [-0.2, -0.15) is 4.31 Å². The predicted molar refractivity (Wildman–Crippen MR) is 107 cm³/mol. The second-order valence-corrected chi connectivity index (χ2v) is 10.1. The van der Waals surface area contributed by atoms with Gasteiger partial charge in [0.05, 0.1) is 6.20 Å². The Bertz CT molecular complexity index is 941. The second-order valence-electron chi connectivity index (χ2n) is 6.08. The summed E-state index contributed by atoms with van der Waals surface area (Å²) in [5.74, 6) is -0.289. The van der Waals surface area contributed by atoms with E-state index in [1.165, 1.54) is 17.4 Å². The molecule has 2 aromatic rings. The standard InChI is InChI=1S/C16H18Cl2N4O3S2/c1-11(23)20-16-19-9-15(26-16)27(24,25)22-6-4-21(5-7-22)10-12-2-3-13(17)8-14(12)18/h2-3,8-9H,4-7,10H2,1H3,(H,19,20,23). The SMILES string of the molecule is CC(=O)Nc1ncc(S(=O)(=O)N2CCN(Cc3ccc(Cl)cc3Cl)CC2)s1. The summed E-state index contributed by atoms with van der Waals surface area (Å²) in [7, 11) is -3.62. The van der Waals surface area contributed by atoms with E-state index in [0.717, 1.165) is 16.9 Å². The molecule has 3 rings (SSSR count). The third-order valence-electron chi connectivity index (χ3n) is 4.10. The molecule has 0 radical (unpaired) electrons. The lowest BCUT2D eigenvalue weighted by atomic mass is 10.2. The van der Waals surface area contributed by atoms with E-state index in [0.29, 0.717) is 42.8 Å². The van der Waals surface area contributed by atoms with Crippen molar-refractivity contribution in [2.75, 3.05) is 31.5 Å². The number of hydrogen-bond acceptors (Lipinski definition) is 6. The van der Waals surface area contributed by atoms with Crippen LogP contribution >= 0.6 is 34.5 Å². The maximum Gasteiger partial charge on any atom is 0.254 e. The molecule has 146 valence electrons. The number of nitrogens with zero attached hydrogens (tertiary/aromatic N) is 3. The van der Waals surface area contributed by atoms with Gasteiger partial charge in [0.15, 0.2) is 9.34 Å². The molecule has 0 aliphatic carbocycles. The second kappa shape index (κ2) is 8.42. The molecule has 1 aliphatic heterocycles. The van der Waals surface area contributed by atoms with E-state index in [-0.39, 0.29) is 15.2 Å². The first-order valence-corrected chi connectivity index (χ1v) is 11.2. The zero-order valence-electron chi connectivity index (χ0n) is 14.5. The lowest BCUT2D eigenvalue weighted by Crippen LogP contribution is -2.48. The highest BCUT2D eigenvalue weighted by atomic mass is 35.5. The van der Waals surface area contributed by atoms with Crippen LogP contribution in [-0.2, 0) is 21.4 Å². The van der Waals surface area contributed by atoms with Gasteiger partial charge in [0, 0.05) is 49.7 Å². The number of carbonyl (C=O) groups excluding carboxylic acids is 1. The third-order valence-corrected chi connectivity index (χ3v) is 7.94. The summed E-state index contributed by atoms with van der Waals surface area (Å²) in [4.78, 5) is 17.2. The fourth-order valence-corrected chi connectivity index (χ4v) is 5.86. The van der Waals surface area contributed by atoms with Gasteiger partial charge >= 0.3 is 0 Å².